The van der Waals surface area contributed by atoms with Crippen molar-refractivity contribution in [2.75, 3.05) is 5.75 Å². The third-order valence-electron chi connectivity index (χ3n) is 3.71. The van der Waals surface area contributed by atoms with Crippen molar-refractivity contribution < 1.29 is 4.79 Å². The molecule has 17 heavy (non-hydrogen) atoms. The van der Waals surface area contributed by atoms with E-state index in [2.05, 4.69) is 0 Å². The number of carbonyl (C=O) groups excluding carboxylic acids is 1. The van der Waals surface area contributed by atoms with Gasteiger partial charge >= 0.3 is 0 Å². The second-order valence-electron chi connectivity index (χ2n) is 4.51. The molecule has 0 N–H and O–H groups in total. The van der Waals surface area contributed by atoms with Crippen LogP contribution in [-0.2, 0) is 4.79 Å². The van der Waals surface area contributed by atoms with Gasteiger partial charge in [0, 0.05) is 22.8 Å². The zero-order chi connectivity index (χ0) is 12.0. The molecule has 3 fully saturated rings. The van der Waals surface area contributed by atoms with E-state index in [0.717, 1.165) is 17.7 Å². The largest absolute Gasteiger partial charge is 0.298 e. The van der Waals surface area contributed by atoms with Gasteiger partial charge in [-0.05, 0) is 17.7 Å². The highest BCUT2D eigenvalue weighted by Crippen LogP contribution is 2.57. The van der Waals surface area contributed by atoms with E-state index in [1.807, 2.05) is 23.9 Å². The number of thioether (sulfide) groups is 2. The molecular formula is C12H10N2OS2. The number of allylic oxidation sites excluding steroid dienone is 2. The minimum Gasteiger partial charge on any atom is -0.298 e. The molecule has 3 rings (SSSR count). The van der Waals surface area contributed by atoms with Crippen LogP contribution < -0.4 is 0 Å². The number of hydrogen-bond donors (Lipinski definition) is 0. The van der Waals surface area contributed by atoms with Gasteiger partial charge in [0.2, 0.25) is 0 Å². The molecule has 2 heterocycles. The normalized spacial score (nSPS) is 38.5. The maximum atomic E-state index is 12.0. The Morgan fingerprint density at radius 1 is 1.35 bits per heavy atom. The number of rotatable bonds is 0. The van der Waals surface area contributed by atoms with Gasteiger partial charge in [-0.3, -0.25) is 4.79 Å². The lowest BCUT2D eigenvalue weighted by molar-refractivity contribution is -0.116. The lowest BCUT2D eigenvalue weighted by atomic mass is 9.93. The maximum absolute atomic E-state index is 12.0. The monoisotopic (exact) mass is 262 g/mol. The molecule has 0 amide bonds. The van der Waals surface area contributed by atoms with Crippen LogP contribution in [0.4, 0.5) is 0 Å². The Balaban J connectivity index is 2.04. The number of hydrogen-bond acceptors (Lipinski definition) is 5. The number of nitriles is 2. The van der Waals surface area contributed by atoms with Crippen LogP contribution in [0, 0.1) is 28.6 Å². The Bertz CT molecular complexity index is 484. The summed E-state index contributed by atoms with van der Waals surface area (Å²) in [6.07, 6.45) is 1.48. The summed E-state index contributed by atoms with van der Waals surface area (Å²) >= 11 is 3.69. The second-order valence-corrected chi connectivity index (χ2v) is 7.18. The summed E-state index contributed by atoms with van der Waals surface area (Å²) in [5.41, 5.74) is 0.999. The van der Waals surface area contributed by atoms with E-state index in [4.69, 9.17) is 10.5 Å². The van der Waals surface area contributed by atoms with E-state index in [1.165, 1.54) is 0 Å². The van der Waals surface area contributed by atoms with Crippen LogP contribution in [0.1, 0.15) is 12.8 Å². The van der Waals surface area contributed by atoms with Crippen LogP contribution in [-0.4, -0.2) is 27.3 Å². The van der Waals surface area contributed by atoms with Crippen molar-refractivity contribution in [1.82, 2.24) is 0 Å². The fourth-order valence-corrected chi connectivity index (χ4v) is 6.92. The van der Waals surface area contributed by atoms with Crippen molar-refractivity contribution in [2.24, 2.45) is 5.92 Å². The molecule has 0 spiro atoms. The van der Waals surface area contributed by atoms with Crippen LogP contribution in [0.2, 0.25) is 0 Å². The van der Waals surface area contributed by atoms with E-state index in [9.17, 15) is 4.79 Å². The standard InChI is InChI=1S/C12H10N2OS2/c13-4-6(5-14)7-3-8(15)11-10(7)12-9(17-11)1-2-16-12/h9-12H,1-3H2. The molecule has 0 aromatic rings. The fourth-order valence-electron chi connectivity index (χ4n) is 3.00. The number of fused-ring (bicyclic) bond motifs is 3. The molecule has 1 aliphatic carbocycles. The second kappa shape index (κ2) is 4.08. The zero-order valence-electron chi connectivity index (χ0n) is 9.05. The molecule has 4 unspecified atom stereocenters. The third-order valence-corrected chi connectivity index (χ3v) is 7.09. The van der Waals surface area contributed by atoms with Crippen molar-refractivity contribution in [3.8, 4) is 12.1 Å². The van der Waals surface area contributed by atoms with Crippen LogP contribution in [0.5, 0.6) is 0 Å². The summed E-state index contributed by atoms with van der Waals surface area (Å²) in [6, 6.07) is 3.91. The van der Waals surface area contributed by atoms with Crippen molar-refractivity contribution >= 4 is 29.3 Å². The minimum atomic E-state index is 0.0181. The quantitative estimate of drug-likeness (QED) is 0.624. The fraction of sp³-hybridized carbons (Fsp3) is 0.583. The molecule has 0 aromatic carbocycles. The summed E-state index contributed by atoms with van der Waals surface area (Å²) in [6.45, 7) is 0. The molecule has 3 aliphatic rings. The number of ketones is 1. The smallest absolute Gasteiger partial charge is 0.150 e. The van der Waals surface area contributed by atoms with Crippen molar-refractivity contribution in [1.29, 1.82) is 10.5 Å². The van der Waals surface area contributed by atoms with Crippen LogP contribution in [0.3, 0.4) is 0 Å². The van der Waals surface area contributed by atoms with E-state index >= 15 is 0 Å². The van der Waals surface area contributed by atoms with Gasteiger partial charge in [-0.25, -0.2) is 0 Å². The van der Waals surface area contributed by atoms with Gasteiger partial charge in [0.05, 0.1) is 5.25 Å². The van der Waals surface area contributed by atoms with Gasteiger partial charge in [-0.15, -0.1) is 11.8 Å². The van der Waals surface area contributed by atoms with Gasteiger partial charge in [0.1, 0.15) is 17.7 Å². The number of carbonyl (C=O) groups is 1. The van der Waals surface area contributed by atoms with Crippen molar-refractivity contribution in [2.45, 2.75) is 28.6 Å². The first-order valence-corrected chi connectivity index (χ1v) is 7.58. The Labute approximate surface area is 108 Å². The molecule has 0 aromatic heterocycles. The van der Waals surface area contributed by atoms with Gasteiger partial charge in [-0.1, -0.05) is 0 Å². The first-order valence-electron chi connectivity index (χ1n) is 5.59. The Kier molecular flexibility index (Phi) is 2.69. The molecular weight excluding hydrogens is 252 g/mol. The van der Waals surface area contributed by atoms with Gasteiger partial charge < -0.3 is 0 Å². The molecule has 2 aliphatic heterocycles. The molecule has 86 valence electrons. The summed E-state index contributed by atoms with van der Waals surface area (Å²) in [5.74, 6) is 1.51. The third kappa shape index (κ3) is 1.53. The SMILES string of the molecule is N#CC(C#N)=C1CC(=O)C2SC3CCSC3C12. The average molecular weight is 262 g/mol. The van der Waals surface area contributed by atoms with E-state index < -0.39 is 0 Å². The minimum absolute atomic E-state index is 0.0181. The summed E-state index contributed by atoms with van der Waals surface area (Å²) in [4.78, 5) is 12.0. The van der Waals surface area contributed by atoms with E-state index in [1.54, 1.807) is 11.8 Å². The van der Waals surface area contributed by atoms with Gasteiger partial charge in [-0.2, -0.15) is 22.3 Å². The highest BCUT2D eigenvalue weighted by Gasteiger charge is 2.55. The first-order chi connectivity index (χ1) is 8.26. The Morgan fingerprint density at radius 2 is 2.12 bits per heavy atom. The average Bonchev–Trinajstić information content (AvgIpc) is 2.94. The molecule has 4 atom stereocenters. The topological polar surface area (TPSA) is 64.7 Å². The van der Waals surface area contributed by atoms with Crippen molar-refractivity contribution in [3.63, 3.8) is 0 Å². The highest BCUT2D eigenvalue weighted by atomic mass is 32.2. The summed E-state index contributed by atoms with van der Waals surface area (Å²) in [7, 11) is 0. The Morgan fingerprint density at radius 3 is 2.82 bits per heavy atom. The molecule has 0 radical (unpaired) electrons. The maximum Gasteiger partial charge on any atom is 0.150 e. The molecule has 5 heteroatoms. The first kappa shape index (κ1) is 11.2. The zero-order valence-corrected chi connectivity index (χ0v) is 10.7. The lowest BCUT2D eigenvalue weighted by Crippen LogP contribution is -2.21. The number of Topliss-reactive ketones (excluding diaryl/α,β-unsaturated/α-hetero) is 1. The van der Waals surface area contributed by atoms with E-state index in [-0.39, 0.29) is 22.5 Å². The summed E-state index contributed by atoms with van der Waals surface area (Å²) in [5, 5.41) is 19.0. The lowest BCUT2D eigenvalue weighted by Gasteiger charge is -2.16. The van der Waals surface area contributed by atoms with Crippen LogP contribution >= 0.6 is 23.5 Å². The molecule has 3 nitrogen and oxygen atoms in total. The van der Waals surface area contributed by atoms with Gasteiger partial charge in [0.25, 0.3) is 0 Å². The summed E-state index contributed by atoms with van der Waals surface area (Å²) < 4.78 is 0. The predicted molar refractivity (Wildman–Crippen MR) is 67.4 cm³/mol. The van der Waals surface area contributed by atoms with Crippen LogP contribution in [0.25, 0.3) is 0 Å². The molecule has 2 saturated heterocycles. The van der Waals surface area contributed by atoms with E-state index in [0.29, 0.717) is 16.9 Å². The van der Waals surface area contributed by atoms with Crippen molar-refractivity contribution in [3.05, 3.63) is 11.1 Å². The molecule has 0 bridgehead atoms. The van der Waals surface area contributed by atoms with Crippen LogP contribution in [0.15, 0.2) is 11.1 Å². The predicted octanol–water partition coefficient (Wildman–Crippen LogP) is 1.91. The van der Waals surface area contributed by atoms with Gasteiger partial charge in [0.15, 0.2) is 5.78 Å². The Hall–Kier alpha value is -0.910. The molecule has 1 saturated carbocycles. The number of nitrogens with zero attached hydrogens (tertiary/aromatic N) is 2. The highest BCUT2D eigenvalue weighted by molar-refractivity contribution is 8.06.